The van der Waals surface area contributed by atoms with Crippen LogP contribution in [0.15, 0.2) is 212 Å². The van der Waals surface area contributed by atoms with Crippen LogP contribution in [-0.4, -0.2) is 0 Å². The van der Waals surface area contributed by atoms with Crippen LogP contribution in [-0.2, 0) is 10.8 Å². The first kappa shape index (κ1) is 40.5. The Morgan fingerprint density at radius 1 is 0.406 bits per heavy atom. The summed E-state index contributed by atoms with van der Waals surface area (Å²) in [6.07, 6.45) is 6.22. The quantitative estimate of drug-likeness (QED) is 0.161. The lowest BCUT2D eigenvalue weighted by atomic mass is 9.68. The molecule has 1 nitrogen and oxygen atoms in total. The van der Waals surface area contributed by atoms with Crippen molar-refractivity contribution in [2.75, 3.05) is 4.90 Å². The Bertz CT molecular complexity index is 3860. The molecule has 0 radical (unpaired) electrons. The van der Waals surface area contributed by atoms with Crippen molar-refractivity contribution in [3.05, 3.63) is 235 Å². The molecule has 11 aromatic rings. The lowest BCUT2D eigenvalue weighted by Crippen LogP contribution is -2.28. The summed E-state index contributed by atoms with van der Waals surface area (Å²) in [5.74, 6) is 0. The van der Waals surface area contributed by atoms with Crippen molar-refractivity contribution in [3.63, 3.8) is 0 Å². The minimum Gasteiger partial charge on any atom is -0.310 e. The van der Waals surface area contributed by atoms with Crippen molar-refractivity contribution in [2.45, 2.75) is 56.8 Å². The maximum absolute atomic E-state index is 2.57. The highest BCUT2D eigenvalue weighted by molar-refractivity contribution is 7.26. The van der Waals surface area contributed by atoms with Gasteiger partial charge < -0.3 is 4.90 Å². The highest BCUT2D eigenvalue weighted by Gasteiger charge is 2.44. The lowest BCUT2D eigenvalue weighted by Gasteiger charge is -2.37. The van der Waals surface area contributed by atoms with E-state index in [2.05, 4.69) is 231 Å². The molecule has 0 bridgehead atoms. The molecule has 1 aromatic heterocycles. The molecule has 1 spiro atoms. The minimum atomic E-state index is -0.117. The number of benzene rings is 10. The van der Waals surface area contributed by atoms with Gasteiger partial charge in [-0.15, -0.1) is 11.3 Å². The van der Waals surface area contributed by atoms with Crippen molar-refractivity contribution in [1.29, 1.82) is 0 Å². The van der Waals surface area contributed by atoms with Gasteiger partial charge in [-0.3, -0.25) is 0 Å². The molecule has 0 N–H and O–H groups in total. The molecule has 14 rings (SSSR count). The molecule has 1 heterocycles. The van der Waals surface area contributed by atoms with Crippen LogP contribution in [0.5, 0.6) is 0 Å². The Hall–Kier alpha value is -7.52. The third-order valence-corrected chi connectivity index (χ3v) is 17.5. The van der Waals surface area contributed by atoms with Gasteiger partial charge in [0.15, 0.2) is 0 Å². The van der Waals surface area contributed by atoms with Crippen molar-refractivity contribution >= 4 is 59.3 Å². The van der Waals surface area contributed by atoms with Crippen LogP contribution < -0.4 is 4.90 Å². The third-order valence-electron chi connectivity index (χ3n) is 16.3. The van der Waals surface area contributed by atoms with Crippen molar-refractivity contribution in [3.8, 4) is 55.6 Å². The number of rotatable bonds is 6. The third kappa shape index (κ3) is 6.01. The molecular formula is C67H51NS. The highest BCUT2D eigenvalue weighted by Crippen LogP contribution is 2.58. The molecular weight excluding hydrogens is 851 g/mol. The number of hydrogen-bond acceptors (Lipinski definition) is 2. The number of nitrogens with zero attached hydrogens (tertiary/aromatic N) is 1. The van der Waals surface area contributed by atoms with Gasteiger partial charge >= 0.3 is 0 Å². The first-order valence-electron chi connectivity index (χ1n) is 24.9. The second-order valence-corrected chi connectivity index (χ2v) is 21.3. The first-order valence-corrected chi connectivity index (χ1v) is 25.7. The summed E-state index contributed by atoms with van der Waals surface area (Å²) in [7, 11) is 0. The summed E-state index contributed by atoms with van der Waals surface area (Å²) >= 11 is 1.92. The fourth-order valence-electron chi connectivity index (χ4n) is 13.2. The monoisotopic (exact) mass is 901 g/mol. The van der Waals surface area contributed by atoms with Crippen molar-refractivity contribution < 1.29 is 0 Å². The topological polar surface area (TPSA) is 3.24 Å². The maximum Gasteiger partial charge on any atom is 0.0540 e. The van der Waals surface area contributed by atoms with E-state index >= 15 is 0 Å². The predicted molar refractivity (Wildman–Crippen MR) is 295 cm³/mol. The van der Waals surface area contributed by atoms with E-state index < -0.39 is 0 Å². The number of thiophene rings is 1. The average Bonchev–Trinajstić information content (AvgIpc) is 4.01. The average molecular weight is 902 g/mol. The summed E-state index contributed by atoms with van der Waals surface area (Å²) in [6.45, 7) is 4.78. The molecule has 69 heavy (non-hydrogen) atoms. The van der Waals surface area contributed by atoms with Crippen molar-refractivity contribution in [1.82, 2.24) is 0 Å². The van der Waals surface area contributed by atoms with Gasteiger partial charge in [-0.05, 0) is 132 Å². The fourth-order valence-corrected chi connectivity index (χ4v) is 14.5. The summed E-state index contributed by atoms with van der Waals surface area (Å²) in [5, 5.41) is 5.25. The molecule has 0 amide bonds. The number of anilines is 3. The van der Waals surface area contributed by atoms with Gasteiger partial charge in [0.25, 0.3) is 0 Å². The Morgan fingerprint density at radius 2 is 1.00 bits per heavy atom. The molecule has 330 valence electrons. The van der Waals surface area contributed by atoms with E-state index in [0.29, 0.717) is 0 Å². The molecule has 10 aromatic carbocycles. The smallest absolute Gasteiger partial charge is 0.0540 e. The second-order valence-electron chi connectivity index (χ2n) is 20.2. The second kappa shape index (κ2) is 15.5. The van der Waals surface area contributed by atoms with E-state index in [9.17, 15) is 0 Å². The van der Waals surface area contributed by atoms with Gasteiger partial charge in [-0.2, -0.15) is 0 Å². The molecule has 1 saturated carbocycles. The zero-order valence-electron chi connectivity index (χ0n) is 39.1. The van der Waals surface area contributed by atoms with Crippen LogP contribution in [0.2, 0.25) is 0 Å². The van der Waals surface area contributed by atoms with E-state index in [1.54, 1.807) is 0 Å². The Balaban J connectivity index is 0.952. The lowest BCUT2D eigenvalue weighted by molar-refractivity contribution is 0.353. The molecule has 0 saturated heterocycles. The largest absolute Gasteiger partial charge is 0.310 e. The molecule has 0 unspecified atom stereocenters. The van der Waals surface area contributed by atoms with Crippen LogP contribution in [0, 0.1) is 0 Å². The van der Waals surface area contributed by atoms with Gasteiger partial charge in [-0.25, -0.2) is 0 Å². The zero-order valence-corrected chi connectivity index (χ0v) is 39.9. The Morgan fingerprint density at radius 3 is 1.81 bits per heavy atom. The van der Waals surface area contributed by atoms with Gasteiger partial charge in [0.2, 0.25) is 0 Å². The summed E-state index contributed by atoms with van der Waals surface area (Å²) < 4.78 is 2.67. The SMILES string of the molecule is CC1(C)c2ccccc2-c2cccc(-c3ccccc3-c3ccc(N(c4ccc5c(c4)C4(CCCCC4)c4ccccc4-5)c4ccccc4-c4cccc5sc6c7ccccc7ccc6c45)cc3)c21. The molecule has 3 aliphatic rings. The van der Waals surface area contributed by atoms with E-state index in [1.807, 2.05) is 11.3 Å². The van der Waals surface area contributed by atoms with Crippen molar-refractivity contribution in [2.24, 2.45) is 0 Å². The molecule has 3 aliphatic carbocycles. The number of para-hydroxylation sites is 1. The van der Waals surface area contributed by atoms with Crippen LogP contribution >= 0.6 is 11.3 Å². The van der Waals surface area contributed by atoms with E-state index in [1.165, 1.54) is 152 Å². The summed E-state index contributed by atoms with van der Waals surface area (Å²) in [6, 6.07) is 80.5. The molecule has 1 fully saturated rings. The fraction of sp³-hybridized carbons (Fsp3) is 0.134. The van der Waals surface area contributed by atoms with E-state index in [0.717, 1.165) is 5.69 Å². The Labute approximate surface area is 409 Å². The Kier molecular flexibility index (Phi) is 9.11. The van der Waals surface area contributed by atoms with Crippen LogP contribution in [0.25, 0.3) is 86.6 Å². The summed E-state index contributed by atoms with van der Waals surface area (Å²) in [5.41, 5.74) is 22.3. The van der Waals surface area contributed by atoms with Gasteiger partial charge in [-0.1, -0.05) is 209 Å². The first-order chi connectivity index (χ1) is 34.0. The van der Waals surface area contributed by atoms with Gasteiger partial charge in [0.1, 0.15) is 0 Å². The normalized spacial score (nSPS) is 15.0. The molecule has 0 atom stereocenters. The zero-order chi connectivity index (χ0) is 45.8. The van der Waals surface area contributed by atoms with Crippen LogP contribution in [0.4, 0.5) is 17.1 Å². The van der Waals surface area contributed by atoms with Crippen LogP contribution in [0.1, 0.15) is 68.2 Å². The van der Waals surface area contributed by atoms with Gasteiger partial charge in [0.05, 0.1) is 5.69 Å². The van der Waals surface area contributed by atoms with E-state index in [4.69, 9.17) is 0 Å². The highest BCUT2D eigenvalue weighted by atomic mass is 32.1. The maximum atomic E-state index is 2.57. The standard InChI is InChI=1S/C67H51NS/c1-66(2)58-28-11-8-23-51(58)56-27-16-26-55(64(56)66)49-21-7-6-19-47(49)44-32-35-45(36-33-44)68(46-37-39-52-50-22-9-12-29-59(50)67(60(52)42-46)40-14-3-15-41-67)61-30-13-10-24-53(61)54-25-17-31-62-63(54)57-38-34-43-18-4-5-20-48(43)65(57)69-62/h4-13,16-39,42H,3,14-15,40-41H2,1-2H3. The van der Waals surface area contributed by atoms with Crippen LogP contribution in [0.3, 0.4) is 0 Å². The predicted octanol–water partition coefficient (Wildman–Crippen LogP) is 19.2. The molecule has 2 heteroatoms. The number of fused-ring (bicyclic) bond motifs is 13. The summed E-state index contributed by atoms with van der Waals surface area (Å²) in [4.78, 5) is 2.55. The van der Waals surface area contributed by atoms with E-state index in [-0.39, 0.29) is 10.8 Å². The minimum absolute atomic E-state index is 0.0381. The van der Waals surface area contributed by atoms with Gasteiger partial charge in [0, 0.05) is 47.9 Å². The molecule has 0 aliphatic heterocycles. The number of hydrogen-bond donors (Lipinski definition) is 0.